The lowest BCUT2D eigenvalue weighted by atomic mass is 10.0. The van der Waals surface area contributed by atoms with Crippen molar-refractivity contribution in [3.05, 3.63) is 16.9 Å². The van der Waals surface area contributed by atoms with Crippen molar-refractivity contribution in [1.82, 2.24) is 20.0 Å². The molecule has 0 radical (unpaired) electrons. The van der Waals surface area contributed by atoms with E-state index in [2.05, 4.69) is 36.3 Å². The van der Waals surface area contributed by atoms with Gasteiger partial charge in [-0.05, 0) is 33.5 Å². The van der Waals surface area contributed by atoms with Gasteiger partial charge in [0.15, 0.2) is 0 Å². The van der Waals surface area contributed by atoms with Crippen LogP contribution in [0.4, 0.5) is 0 Å². The second-order valence-electron chi connectivity index (χ2n) is 5.49. The van der Waals surface area contributed by atoms with Crippen molar-refractivity contribution in [3.63, 3.8) is 0 Å². The maximum Gasteiger partial charge on any atom is 0.0835 e. The van der Waals surface area contributed by atoms with Gasteiger partial charge in [0, 0.05) is 13.2 Å². The summed E-state index contributed by atoms with van der Waals surface area (Å²) in [5, 5.41) is 8.66. The van der Waals surface area contributed by atoms with Gasteiger partial charge in [0.25, 0.3) is 0 Å². The molecule has 0 aromatic carbocycles. The predicted octanol–water partition coefficient (Wildman–Crippen LogP) is 1.93. The van der Waals surface area contributed by atoms with Gasteiger partial charge in [-0.25, -0.2) is 0 Å². The third kappa shape index (κ3) is 3.73. The molecule has 0 aliphatic carbocycles. The number of rotatable bonds is 7. The Balaban J connectivity index is 2.19. The number of aromatic nitrogens is 2. The molecule has 5 nitrogen and oxygen atoms in total. The smallest absolute Gasteiger partial charge is 0.0835 e. The first kappa shape index (κ1) is 15.8. The number of halogens is 1. The van der Waals surface area contributed by atoms with Gasteiger partial charge in [-0.1, -0.05) is 18.5 Å². The Hall–Kier alpha value is -0.620. The molecule has 2 rings (SSSR count). The number of hydrogen-bond acceptors (Lipinski definition) is 4. The zero-order chi connectivity index (χ0) is 14.5. The normalized spacial score (nSPS) is 20.8. The van der Waals surface area contributed by atoms with Crippen molar-refractivity contribution in [2.24, 2.45) is 0 Å². The van der Waals surface area contributed by atoms with Crippen LogP contribution in [0.2, 0.25) is 5.02 Å². The summed E-state index contributed by atoms with van der Waals surface area (Å²) < 4.78 is 7.87. The van der Waals surface area contributed by atoms with Gasteiger partial charge in [0.1, 0.15) is 0 Å². The van der Waals surface area contributed by atoms with Crippen molar-refractivity contribution in [2.45, 2.75) is 38.5 Å². The Morgan fingerprint density at radius 3 is 3.00 bits per heavy atom. The number of nitrogens with one attached hydrogen (secondary N) is 1. The molecule has 1 saturated heterocycles. The lowest BCUT2D eigenvalue weighted by Crippen LogP contribution is -2.34. The van der Waals surface area contributed by atoms with E-state index in [1.54, 1.807) is 6.20 Å². The number of hydrogen-bond donors (Lipinski definition) is 1. The molecule has 1 aromatic rings. The fourth-order valence-corrected chi connectivity index (χ4v) is 2.90. The lowest BCUT2D eigenvalue weighted by Gasteiger charge is -2.25. The van der Waals surface area contributed by atoms with E-state index in [0.717, 1.165) is 49.8 Å². The second-order valence-corrected chi connectivity index (χ2v) is 5.90. The average molecular weight is 301 g/mol. The second kappa shape index (κ2) is 7.41. The minimum atomic E-state index is 0.125. The molecule has 114 valence electrons. The van der Waals surface area contributed by atoms with Crippen LogP contribution < -0.4 is 5.32 Å². The van der Waals surface area contributed by atoms with Crippen LogP contribution in [0, 0.1) is 0 Å². The SMILES string of the molecule is CCNC(c1c(Cl)cnn1CCN(C)C)C1CCCO1. The van der Waals surface area contributed by atoms with E-state index >= 15 is 0 Å². The molecule has 0 saturated carbocycles. The van der Waals surface area contributed by atoms with Crippen LogP contribution in [0.3, 0.4) is 0 Å². The molecular weight excluding hydrogens is 276 g/mol. The number of nitrogens with zero attached hydrogens (tertiary/aromatic N) is 3. The largest absolute Gasteiger partial charge is 0.376 e. The van der Waals surface area contributed by atoms with Crippen LogP contribution in [0.1, 0.15) is 31.5 Å². The maximum absolute atomic E-state index is 6.38. The Morgan fingerprint density at radius 2 is 2.40 bits per heavy atom. The zero-order valence-electron chi connectivity index (χ0n) is 12.6. The van der Waals surface area contributed by atoms with Crippen LogP contribution in [0.15, 0.2) is 6.20 Å². The topological polar surface area (TPSA) is 42.3 Å². The summed E-state index contributed by atoms with van der Waals surface area (Å²) >= 11 is 6.38. The van der Waals surface area contributed by atoms with Gasteiger partial charge in [-0.2, -0.15) is 5.10 Å². The molecule has 2 atom stereocenters. The quantitative estimate of drug-likeness (QED) is 0.835. The highest BCUT2D eigenvalue weighted by Crippen LogP contribution is 2.31. The molecule has 1 fully saturated rings. The van der Waals surface area contributed by atoms with E-state index in [9.17, 15) is 0 Å². The number of ether oxygens (including phenoxy) is 1. The first-order valence-corrected chi connectivity index (χ1v) is 7.72. The van der Waals surface area contributed by atoms with E-state index < -0.39 is 0 Å². The van der Waals surface area contributed by atoms with Crippen molar-refractivity contribution in [2.75, 3.05) is 33.8 Å². The predicted molar refractivity (Wildman–Crippen MR) is 81.2 cm³/mol. The summed E-state index contributed by atoms with van der Waals surface area (Å²) in [5.41, 5.74) is 1.06. The van der Waals surface area contributed by atoms with Crippen LogP contribution in [-0.2, 0) is 11.3 Å². The van der Waals surface area contributed by atoms with E-state index in [0.29, 0.717) is 0 Å². The van der Waals surface area contributed by atoms with E-state index in [1.165, 1.54) is 0 Å². The third-order valence-corrected chi connectivity index (χ3v) is 3.94. The first-order valence-electron chi connectivity index (χ1n) is 7.34. The fraction of sp³-hybridized carbons (Fsp3) is 0.786. The van der Waals surface area contributed by atoms with Crippen LogP contribution in [0.5, 0.6) is 0 Å². The first-order chi connectivity index (χ1) is 9.63. The molecule has 1 aliphatic heterocycles. The summed E-state index contributed by atoms with van der Waals surface area (Å²) in [4.78, 5) is 2.15. The summed E-state index contributed by atoms with van der Waals surface area (Å²) in [6.07, 6.45) is 4.14. The highest BCUT2D eigenvalue weighted by molar-refractivity contribution is 6.31. The summed E-state index contributed by atoms with van der Waals surface area (Å²) in [5.74, 6) is 0. The van der Waals surface area contributed by atoms with Crippen molar-refractivity contribution in [3.8, 4) is 0 Å². The standard InChI is InChI=1S/C14H25ClN4O/c1-4-16-13(12-6-5-9-20-12)14-11(15)10-17-19(14)8-7-18(2)3/h10,12-13,16H,4-9H2,1-3H3. The monoisotopic (exact) mass is 300 g/mol. The zero-order valence-corrected chi connectivity index (χ0v) is 13.4. The molecular formula is C14H25ClN4O. The molecule has 0 bridgehead atoms. The van der Waals surface area contributed by atoms with Gasteiger partial charge in [-0.15, -0.1) is 0 Å². The molecule has 1 aliphatic rings. The van der Waals surface area contributed by atoms with Crippen molar-refractivity contribution < 1.29 is 4.74 Å². The van der Waals surface area contributed by atoms with E-state index in [-0.39, 0.29) is 12.1 Å². The van der Waals surface area contributed by atoms with E-state index in [4.69, 9.17) is 16.3 Å². The maximum atomic E-state index is 6.38. The molecule has 1 N–H and O–H groups in total. The van der Waals surface area contributed by atoms with Crippen LogP contribution in [0.25, 0.3) is 0 Å². The molecule has 1 aromatic heterocycles. The number of likely N-dealkylation sites (N-methyl/N-ethyl adjacent to an activating group) is 2. The van der Waals surface area contributed by atoms with Crippen LogP contribution in [-0.4, -0.2) is 54.6 Å². The van der Waals surface area contributed by atoms with Gasteiger partial charge < -0.3 is 15.0 Å². The fourth-order valence-electron chi connectivity index (χ4n) is 2.64. The Morgan fingerprint density at radius 1 is 1.60 bits per heavy atom. The lowest BCUT2D eigenvalue weighted by molar-refractivity contribution is 0.0758. The molecule has 2 unspecified atom stereocenters. The van der Waals surface area contributed by atoms with Gasteiger partial charge in [-0.3, -0.25) is 4.68 Å². The van der Waals surface area contributed by atoms with Crippen LogP contribution >= 0.6 is 11.6 Å². The summed E-state index contributed by atoms with van der Waals surface area (Å²) in [6, 6.07) is 0.125. The molecule has 20 heavy (non-hydrogen) atoms. The molecule has 6 heteroatoms. The molecule has 0 amide bonds. The van der Waals surface area contributed by atoms with Gasteiger partial charge in [0.2, 0.25) is 0 Å². The highest BCUT2D eigenvalue weighted by Gasteiger charge is 2.31. The average Bonchev–Trinajstić information content (AvgIpc) is 3.04. The van der Waals surface area contributed by atoms with Gasteiger partial charge >= 0.3 is 0 Å². The molecule has 0 spiro atoms. The summed E-state index contributed by atoms with van der Waals surface area (Å²) in [6.45, 7) is 5.62. The van der Waals surface area contributed by atoms with Crippen molar-refractivity contribution >= 4 is 11.6 Å². The Labute approximate surface area is 126 Å². The Kier molecular flexibility index (Phi) is 5.84. The Bertz CT molecular complexity index is 415. The van der Waals surface area contributed by atoms with Crippen molar-refractivity contribution in [1.29, 1.82) is 0 Å². The third-order valence-electron chi connectivity index (χ3n) is 3.65. The minimum absolute atomic E-state index is 0.125. The van der Waals surface area contributed by atoms with E-state index in [1.807, 2.05) is 4.68 Å². The highest BCUT2D eigenvalue weighted by atomic mass is 35.5. The minimum Gasteiger partial charge on any atom is -0.376 e. The van der Waals surface area contributed by atoms with Gasteiger partial charge in [0.05, 0.1) is 35.6 Å². The molecule has 2 heterocycles. The summed E-state index contributed by atoms with van der Waals surface area (Å²) in [7, 11) is 4.12.